The third-order valence-electron chi connectivity index (χ3n) is 0.565. The molecule has 0 atom stereocenters. The van der Waals surface area contributed by atoms with Gasteiger partial charge in [0.2, 0.25) is 0 Å². The van der Waals surface area contributed by atoms with Gasteiger partial charge in [0.15, 0.2) is 0 Å². The van der Waals surface area contributed by atoms with E-state index >= 15 is 0 Å². The number of allylic oxidation sites excluding steroid dienone is 2. The summed E-state index contributed by atoms with van der Waals surface area (Å²) in [4.78, 5) is 0. The van der Waals surface area contributed by atoms with Crippen LogP contribution in [0.25, 0.3) is 0 Å². The number of ether oxygens (including phenoxy) is 1. The van der Waals surface area contributed by atoms with E-state index in [1.165, 1.54) is 13.2 Å². The molecule has 9 heavy (non-hydrogen) atoms. The number of methoxy groups -OCH3 is 1. The van der Waals surface area contributed by atoms with Gasteiger partial charge in [-0.2, -0.15) is 0 Å². The van der Waals surface area contributed by atoms with E-state index in [0.29, 0.717) is 5.57 Å². The van der Waals surface area contributed by atoms with Gasteiger partial charge in [0.05, 0.1) is 5.95 Å². The molecule has 0 fully saturated rings. The first-order valence-electron chi connectivity index (χ1n) is 2.25. The maximum Gasteiger partial charge on any atom is 1.00 e. The molecule has 0 aliphatic carbocycles. The van der Waals surface area contributed by atoms with Crippen molar-refractivity contribution in [2.24, 2.45) is 0 Å². The largest absolute Gasteiger partial charge is 1.00 e. The molecule has 0 aliphatic heterocycles. The van der Waals surface area contributed by atoms with Crippen molar-refractivity contribution in [2.75, 3.05) is 7.11 Å². The zero-order valence-corrected chi connectivity index (χ0v) is 6.10. The van der Waals surface area contributed by atoms with Crippen molar-refractivity contribution < 1.29 is 28.7 Å². The first kappa shape index (κ1) is 11.5. The van der Waals surface area contributed by atoms with E-state index in [4.69, 9.17) is 0 Å². The quantitative estimate of drug-likeness (QED) is 0.227. The average molecular weight is 120 g/mol. The van der Waals surface area contributed by atoms with Crippen LogP contribution in [0.4, 0.5) is 0 Å². The molecule has 0 aliphatic rings. The summed E-state index contributed by atoms with van der Waals surface area (Å²) in [5, 5.41) is 10.3. The van der Waals surface area contributed by atoms with Gasteiger partial charge in [-0.25, -0.2) is 0 Å². The predicted octanol–water partition coefficient (Wildman–Crippen LogP) is -2.59. The molecular formula is C6H9LiO2. The maximum atomic E-state index is 10.3. The van der Waals surface area contributed by atoms with Crippen LogP contribution in [0.3, 0.4) is 0 Å². The normalized spacial score (nSPS) is 9.78. The zero-order chi connectivity index (χ0) is 6.57. The smallest absolute Gasteiger partial charge is 0.617 e. The number of rotatable bonds is 2. The zero-order valence-electron chi connectivity index (χ0n) is 6.10. The standard InChI is InChI=1S/C6H10O2.Li/c1-5(2)4-6(7)8-3;/h4,7H,1H2,2-3H3;/q;+1/p-1/b6-4+;. The average Bonchev–Trinajstić information content (AvgIpc) is 1.65. The predicted molar refractivity (Wildman–Crippen MR) is 29.9 cm³/mol. The molecule has 0 rings (SSSR count). The Balaban J connectivity index is 0. The van der Waals surface area contributed by atoms with Gasteiger partial charge in [-0.1, -0.05) is 12.2 Å². The van der Waals surface area contributed by atoms with Crippen molar-refractivity contribution in [1.29, 1.82) is 0 Å². The van der Waals surface area contributed by atoms with Crippen molar-refractivity contribution >= 4 is 0 Å². The molecule has 0 heterocycles. The van der Waals surface area contributed by atoms with E-state index in [2.05, 4.69) is 11.3 Å². The molecule has 0 aromatic heterocycles. The monoisotopic (exact) mass is 120 g/mol. The summed E-state index contributed by atoms with van der Waals surface area (Å²) in [5.74, 6) is -0.350. The van der Waals surface area contributed by atoms with Gasteiger partial charge in [0.1, 0.15) is 0 Å². The van der Waals surface area contributed by atoms with E-state index in [1.54, 1.807) is 6.92 Å². The molecule has 46 valence electrons. The van der Waals surface area contributed by atoms with Gasteiger partial charge < -0.3 is 9.84 Å². The van der Waals surface area contributed by atoms with E-state index in [0.717, 1.165) is 0 Å². The summed E-state index contributed by atoms with van der Waals surface area (Å²) < 4.78 is 4.31. The van der Waals surface area contributed by atoms with Crippen LogP contribution in [-0.4, -0.2) is 7.11 Å². The number of hydrogen-bond donors (Lipinski definition) is 0. The van der Waals surface area contributed by atoms with Crippen LogP contribution in [0.2, 0.25) is 0 Å². The third-order valence-corrected chi connectivity index (χ3v) is 0.565. The van der Waals surface area contributed by atoms with Crippen LogP contribution < -0.4 is 24.0 Å². The minimum absolute atomic E-state index is 0. The minimum atomic E-state index is -0.350. The van der Waals surface area contributed by atoms with Crippen LogP contribution >= 0.6 is 0 Å². The second-order valence-electron chi connectivity index (χ2n) is 1.51. The van der Waals surface area contributed by atoms with Crippen molar-refractivity contribution in [3.05, 3.63) is 24.2 Å². The Kier molecular flexibility index (Phi) is 7.40. The molecule has 0 aromatic carbocycles. The third kappa shape index (κ3) is 7.68. The van der Waals surface area contributed by atoms with E-state index < -0.39 is 0 Å². The molecule has 0 N–H and O–H groups in total. The van der Waals surface area contributed by atoms with Crippen molar-refractivity contribution in [2.45, 2.75) is 6.92 Å². The van der Waals surface area contributed by atoms with Crippen molar-refractivity contribution in [1.82, 2.24) is 0 Å². The molecular weight excluding hydrogens is 111 g/mol. The minimum Gasteiger partial charge on any atom is -0.617 e. The molecule has 0 saturated heterocycles. The second kappa shape index (κ2) is 5.81. The molecule has 2 nitrogen and oxygen atoms in total. The van der Waals surface area contributed by atoms with E-state index in [9.17, 15) is 5.11 Å². The summed E-state index contributed by atoms with van der Waals surface area (Å²) in [6.07, 6.45) is 1.33. The molecule has 0 bridgehead atoms. The molecule has 0 aromatic rings. The Hall–Kier alpha value is -0.323. The summed E-state index contributed by atoms with van der Waals surface area (Å²) in [6.45, 7) is 5.22. The first-order valence-corrected chi connectivity index (χ1v) is 2.25. The Labute approximate surface area is 67.4 Å². The van der Waals surface area contributed by atoms with Gasteiger partial charge in [0, 0.05) is 0 Å². The molecule has 3 heteroatoms. The fraction of sp³-hybridized carbons (Fsp3) is 0.333. The SMILES string of the molecule is C=C(C)/C=C(\[O-])OC.[Li+]. The van der Waals surface area contributed by atoms with E-state index in [1.807, 2.05) is 0 Å². The van der Waals surface area contributed by atoms with Gasteiger partial charge in [-0.15, -0.1) is 0 Å². The molecule has 0 radical (unpaired) electrons. The Bertz CT molecular complexity index is 118. The van der Waals surface area contributed by atoms with Crippen molar-refractivity contribution in [3.8, 4) is 0 Å². The Morgan fingerprint density at radius 2 is 2.11 bits per heavy atom. The van der Waals surface area contributed by atoms with Crippen LogP contribution in [-0.2, 0) is 4.74 Å². The van der Waals surface area contributed by atoms with Gasteiger partial charge in [-0.05, 0) is 20.1 Å². The topological polar surface area (TPSA) is 32.3 Å². The first-order chi connectivity index (χ1) is 3.66. The fourth-order valence-electron chi connectivity index (χ4n) is 0.260. The van der Waals surface area contributed by atoms with Crippen LogP contribution in [0.5, 0.6) is 0 Å². The van der Waals surface area contributed by atoms with Gasteiger partial charge >= 0.3 is 18.9 Å². The van der Waals surface area contributed by atoms with Gasteiger partial charge in [-0.3, -0.25) is 0 Å². The second-order valence-corrected chi connectivity index (χ2v) is 1.51. The molecule has 0 unspecified atom stereocenters. The maximum absolute atomic E-state index is 10.3. The Morgan fingerprint density at radius 1 is 1.67 bits per heavy atom. The number of hydrogen-bond acceptors (Lipinski definition) is 2. The molecule has 0 amide bonds. The summed E-state index contributed by atoms with van der Waals surface area (Å²) in [7, 11) is 1.34. The Morgan fingerprint density at radius 3 is 2.22 bits per heavy atom. The summed E-state index contributed by atoms with van der Waals surface area (Å²) in [5.41, 5.74) is 0.705. The van der Waals surface area contributed by atoms with Gasteiger partial charge in [0.25, 0.3) is 0 Å². The molecule has 0 spiro atoms. The fourth-order valence-corrected chi connectivity index (χ4v) is 0.260. The van der Waals surface area contributed by atoms with Crippen molar-refractivity contribution in [3.63, 3.8) is 0 Å². The van der Waals surface area contributed by atoms with Crippen LogP contribution in [0.15, 0.2) is 24.2 Å². The van der Waals surface area contributed by atoms with E-state index in [-0.39, 0.29) is 24.8 Å². The summed E-state index contributed by atoms with van der Waals surface area (Å²) in [6, 6.07) is 0. The summed E-state index contributed by atoms with van der Waals surface area (Å²) >= 11 is 0. The van der Waals surface area contributed by atoms with Crippen LogP contribution in [0, 0.1) is 0 Å². The van der Waals surface area contributed by atoms with Crippen LogP contribution in [0.1, 0.15) is 6.92 Å². The molecule has 0 saturated carbocycles.